The van der Waals surface area contributed by atoms with Crippen LogP contribution in [0.1, 0.15) is 25.7 Å². The zero-order valence-corrected chi connectivity index (χ0v) is 13.5. The molecule has 1 unspecified atom stereocenters. The monoisotopic (exact) mass is 301 g/mol. The summed E-state index contributed by atoms with van der Waals surface area (Å²) in [5.74, 6) is 0.574. The molecule has 1 aromatic carbocycles. The lowest BCUT2D eigenvalue weighted by molar-refractivity contribution is -0.137. The second kappa shape index (κ2) is 7.14. The van der Waals surface area contributed by atoms with Crippen LogP contribution in [0.4, 0.5) is 5.69 Å². The first-order valence-electron chi connectivity index (χ1n) is 8.53. The smallest absolute Gasteiger partial charge is 0.226 e. The Balaban J connectivity index is 1.52. The minimum Gasteiger partial charge on any atom is -0.371 e. The van der Waals surface area contributed by atoms with Gasteiger partial charge in [0.1, 0.15) is 0 Å². The maximum Gasteiger partial charge on any atom is 0.226 e. The van der Waals surface area contributed by atoms with E-state index in [1.54, 1.807) is 0 Å². The molecule has 2 saturated heterocycles. The van der Waals surface area contributed by atoms with Crippen molar-refractivity contribution >= 4 is 11.6 Å². The van der Waals surface area contributed by atoms with Crippen LogP contribution in [0.5, 0.6) is 0 Å². The summed E-state index contributed by atoms with van der Waals surface area (Å²) >= 11 is 0. The third-order valence-corrected chi connectivity index (χ3v) is 5.13. The van der Waals surface area contributed by atoms with Crippen LogP contribution in [0.3, 0.4) is 0 Å². The summed E-state index contributed by atoms with van der Waals surface area (Å²) < 4.78 is 0. The van der Waals surface area contributed by atoms with Gasteiger partial charge in [0.05, 0.1) is 5.92 Å². The zero-order valence-electron chi connectivity index (χ0n) is 13.5. The van der Waals surface area contributed by atoms with Gasteiger partial charge in [-0.3, -0.25) is 4.79 Å². The van der Waals surface area contributed by atoms with E-state index in [2.05, 4.69) is 52.5 Å². The number of anilines is 1. The van der Waals surface area contributed by atoms with Gasteiger partial charge >= 0.3 is 0 Å². The van der Waals surface area contributed by atoms with Crippen molar-refractivity contribution in [2.75, 3.05) is 38.1 Å². The molecule has 1 amide bonds. The minimum absolute atomic E-state index is 0.206. The van der Waals surface area contributed by atoms with Crippen LogP contribution < -0.4 is 10.2 Å². The van der Waals surface area contributed by atoms with E-state index in [0.717, 1.165) is 51.9 Å². The SMILES string of the molecule is CN(c1ccccc1)C1CCN(C(=O)C2CCCNC2)CC1. The summed E-state index contributed by atoms with van der Waals surface area (Å²) in [6.45, 7) is 3.73. The molecule has 3 rings (SSSR count). The van der Waals surface area contributed by atoms with Crippen LogP contribution >= 0.6 is 0 Å². The number of piperidine rings is 2. The first-order valence-corrected chi connectivity index (χ1v) is 8.53. The number of para-hydroxylation sites is 1. The first-order chi connectivity index (χ1) is 10.8. The summed E-state index contributed by atoms with van der Waals surface area (Å²) in [6, 6.07) is 11.1. The maximum absolute atomic E-state index is 12.6. The van der Waals surface area contributed by atoms with Crippen LogP contribution in [0.15, 0.2) is 30.3 Å². The average molecular weight is 301 g/mol. The Morgan fingerprint density at radius 1 is 1.18 bits per heavy atom. The van der Waals surface area contributed by atoms with Crippen molar-refractivity contribution in [1.29, 1.82) is 0 Å². The largest absolute Gasteiger partial charge is 0.371 e. The van der Waals surface area contributed by atoms with E-state index in [0.29, 0.717) is 11.9 Å². The van der Waals surface area contributed by atoms with E-state index in [9.17, 15) is 4.79 Å². The molecule has 120 valence electrons. The molecule has 0 spiro atoms. The number of nitrogens with zero attached hydrogens (tertiary/aromatic N) is 2. The van der Waals surface area contributed by atoms with E-state index in [1.165, 1.54) is 5.69 Å². The molecule has 2 aliphatic rings. The van der Waals surface area contributed by atoms with Crippen LogP contribution in [0.25, 0.3) is 0 Å². The molecule has 2 fully saturated rings. The Bertz CT molecular complexity index is 476. The highest BCUT2D eigenvalue weighted by Gasteiger charge is 2.30. The molecule has 4 nitrogen and oxygen atoms in total. The van der Waals surface area contributed by atoms with Gasteiger partial charge in [0.2, 0.25) is 5.91 Å². The minimum atomic E-state index is 0.206. The number of nitrogens with one attached hydrogen (secondary N) is 1. The molecule has 1 N–H and O–H groups in total. The molecule has 2 aliphatic heterocycles. The number of carbonyl (C=O) groups excluding carboxylic acids is 1. The molecule has 1 atom stereocenters. The van der Waals surface area contributed by atoms with Crippen LogP contribution in [0, 0.1) is 5.92 Å². The summed E-state index contributed by atoms with van der Waals surface area (Å²) in [6.07, 6.45) is 4.31. The predicted molar refractivity (Wildman–Crippen MR) is 90.0 cm³/mol. The van der Waals surface area contributed by atoms with Gasteiger partial charge in [-0.2, -0.15) is 0 Å². The van der Waals surface area contributed by atoms with Crippen molar-refractivity contribution in [3.63, 3.8) is 0 Å². The number of amides is 1. The number of hydrogen-bond acceptors (Lipinski definition) is 3. The van der Waals surface area contributed by atoms with E-state index in [1.807, 2.05) is 0 Å². The summed E-state index contributed by atoms with van der Waals surface area (Å²) in [5.41, 5.74) is 1.27. The molecular weight excluding hydrogens is 274 g/mol. The fourth-order valence-corrected chi connectivity index (χ4v) is 3.67. The van der Waals surface area contributed by atoms with Gasteiger partial charge in [0.15, 0.2) is 0 Å². The van der Waals surface area contributed by atoms with Crippen molar-refractivity contribution in [1.82, 2.24) is 10.2 Å². The van der Waals surface area contributed by atoms with Gasteiger partial charge < -0.3 is 15.1 Å². The molecule has 2 heterocycles. The highest BCUT2D eigenvalue weighted by Crippen LogP contribution is 2.23. The molecule has 0 radical (unpaired) electrons. The highest BCUT2D eigenvalue weighted by molar-refractivity contribution is 5.79. The Morgan fingerprint density at radius 2 is 1.91 bits per heavy atom. The van der Waals surface area contributed by atoms with E-state index in [-0.39, 0.29) is 5.92 Å². The number of benzene rings is 1. The highest BCUT2D eigenvalue weighted by atomic mass is 16.2. The molecule has 0 aromatic heterocycles. The second-order valence-electron chi connectivity index (χ2n) is 6.55. The van der Waals surface area contributed by atoms with Gasteiger partial charge in [0.25, 0.3) is 0 Å². The van der Waals surface area contributed by atoms with Crippen LogP contribution in [-0.4, -0.2) is 50.1 Å². The molecule has 22 heavy (non-hydrogen) atoms. The number of hydrogen-bond donors (Lipinski definition) is 1. The summed E-state index contributed by atoms with van der Waals surface area (Å²) in [4.78, 5) is 17.0. The third kappa shape index (κ3) is 3.43. The number of likely N-dealkylation sites (tertiary alicyclic amines) is 1. The van der Waals surface area contributed by atoms with Crippen LogP contribution in [-0.2, 0) is 4.79 Å². The zero-order chi connectivity index (χ0) is 15.4. The average Bonchev–Trinajstić information content (AvgIpc) is 2.62. The van der Waals surface area contributed by atoms with E-state index in [4.69, 9.17) is 0 Å². The Hall–Kier alpha value is -1.55. The normalized spacial score (nSPS) is 23.3. The fraction of sp³-hybridized carbons (Fsp3) is 0.611. The van der Waals surface area contributed by atoms with Crippen molar-refractivity contribution in [2.45, 2.75) is 31.7 Å². The standard InChI is InChI=1S/C18H27N3O/c1-20(16-7-3-2-4-8-16)17-9-12-21(13-10-17)18(22)15-6-5-11-19-14-15/h2-4,7-8,15,17,19H,5-6,9-14H2,1H3. The van der Waals surface area contributed by atoms with E-state index < -0.39 is 0 Å². The Morgan fingerprint density at radius 3 is 2.55 bits per heavy atom. The van der Waals surface area contributed by atoms with Crippen molar-refractivity contribution < 1.29 is 4.79 Å². The molecule has 0 bridgehead atoms. The summed E-state index contributed by atoms with van der Waals surface area (Å²) in [7, 11) is 2.17. The van der Waals surface area contributed by atoms with Gasteiger partial charge in [-0.25, -0.2) is 0 Å². The van der Waals surface area contributed by atoms with Crippen molar-refractivity contribution in [2.24, 2.45) is 5.92 Å². The van der Waals surface area contributed by atoms with Gasteiger partial charge in [-0.1, -0.05) is 18.2 Å². The fourth-order valence-electron chi connectivity index (χ4n) is 3.67. The Labute approximate surface area is 133 Å². The van der Waals surface area contributed by atoms with Gasteiger partial charge in [-0.05, 0) is 44.4 Å². The third-order valence-electron chi connectivity index (χ3n) is 5.13. The van der Waals surface area contributed by atoms with Gasteiger partial charge in [-0.15, -0.1) is 0 Å². The van der Waals surface area contributed by atoms with Crippen LogP contribution in [0.2, 0.25) is 0 Å². The predicted octanol–water partition coefficient (Wildman–Crippen LogP) is 2.11. The topological polar surface area (TPSA) is 35.6 Å². The van der Waals surface area contributed by atoms with E-state index >= 15 is 0 Å². The molecule has 0 saturated carbocycles. The van der Waals surface area contributed by atoms with Gasteiger partial charge in [0, 0.05) is 38.4 Å². The Kier molecular flexibility index (Phi) is 4.98. The van der Waals surface area contributed by atoms with Crippen molar-refractivity contribution in [3.8, 4) is 0 Å². The molecule has 1 aromatic rings. The molecule has 4 heteroatoms. The number of carbonyl (C=O) groups is 1. The quantitative estimate of drug-likeness (QED) is 0.929. The second-order valence-corrected chi connectivity index (χ2v) is 6.55. The lowest BCUT2D eigenvalue weighted by Crippen LogP contribution is -2.49. The lowest BCUT2D eigenvalue weighted by atomic mass is 9.95. The molecule has 0 aliphatic carbocycles. The lowest BCUT2D eigenvalue weighted by Gasteiger charge is -2.39. The number of rotatable bonds is 3. The summed E-state index contributed by atoms with van der Waals surface area (Å²) in [5, 5.41) is 3.35. The molecular formula is C18H27N3O. The maximum atomic E-state index is 12.6. The first kappa shape index (κ1) is 15.3. The van der Waals surface area contributed by atoms with Crippen molar-refractivity contribution in [3.05, 3.63) is 30.3 Å².